The molecule has 1 fully saturated rings. The van der Waals surface area contributed by atoms with Crippen molar-refractivity contribution in [3.8, 4) is 0 Å². The number of nitrogens with two attached hydrogens (primary N) is 1. The summed E-state index contributed by atoms with van der Waals surface area (Å²) in [5.74, 6) is 0. The maximum atomic E-state index is 6.36. The van der Waals surface area contributed by atoms with Crippen LogP contribution in [0, 0.1) is 6.92 Å². The largest absolute Gasteiger partial charge is 0.374 e. The fourth-order valence-electron chi connectivity index (χ4n) is 2.54. The predicted octanol–water partition coefficient (Wildman–Crippen LogP) is 2.82. The van der Waals surface area contributed by atoms with Gasteiger partial charge in [-0.3, -0.25) is 0 Å². The molecule has 1 heterocycles. The summed E-state index contributed by atoms with van der Waals surface area (Å²) < 4.78 is 5.91. The third kappa shape index (κ3) is 2.88. The van der Waals surface area contributed by atoms with Gasteiger partial charge in [-0.1, -0.05) is 24.3 Å². The van der Waals surface area contributed by atoms with Crippen LogP contribution in [0.5, 0.6) is 0 Å². The summed E-state index contributed by atoms with van der Waals surface area (Å²) in [7, 11) is 0. The number of hydrogen-bond donors (Lipinski definition) is 1. The molecule has 2 rings (SSSR count). The average Bonchev–Trinajstić information content (AvgIpc) is 2.33. The van der Waals surface area contributed by atoms with Gasteiger partial charge in [-0.15, -0.1) is 0 Å². The quantitative estimate of drug-likeness (QED) is 0.871. The zero-order valence-corrected chi connectivity index (χ0v) is 10.9. The van der Waals surface area contributed by atoms with Crippen LogP contribution in [0.1, 0.15) is 37.3 Å². The number of ether oxygens (including phenoxy) is 1. The van der Waals surface area contributed by atoms with Crippen molar-refractivity contribution >= 4 is 0 Å². The minimum absolute atomic E-state index is 0.0869. The lowest BCUT2D eigenvalue weighted by Crippen LogP contribution is -2.50. The Morgan fingerprint density at radius 1 is 1.35 bits per heavy atom. The molecule has 2 atom stereocenters. The second-order valence-corrected chi connectivity index (χ2v) is 5.36. The van der Waals surface area contributed by atoms with Crippen molar-refractivity contribution in [1.82, 2.24) is 0 Å². The second-order valence-electron chi connectivity index (χ2n) is 5.36. The van der Waals surface area contributed by atoms with E-state index in [1.54, 1.807) is 0 Å². The minimum Gasteiger partial charge on any atom is -0.374 e. The van der Waals surface area contributed by atoms with Crippen LogP contribution in [-0.4, -0.2) is 18.2 Å². The van der Waals surface area contributed by atoms with Crippen LogP contribution in [-0.2, 0) is 11.2 Å². The summed E-state index contributed by atoms with van der Waals surface area (Å²) in [6, 6.07) is 8.55. The molecule has 2 heteroatoms. The highest BCUT2D eigenvalue weighted by Crippen LogP contribution is 2.28. The Hall–Kier alpha value is -0.860. The van der Waals surface area contributed by atoms with Gasteiger partial charge in [-0.05, 0) is 50.7 Å². The summed E-state index contributed by atoms with van der Waals surface area (Å²) in [6.45, 7) is 5.17. The Balaban J connectivity index is 2.05. The number of benzene rings is 1. The first-order valence-corrected chi connectivity index (χ1v) is 6.56. The molecule has 1 aromatic carbocycles. The van der Waals surface area contributed by atoms with E-state index in [0.29, 0.717) is 0 Å². The lowest BCUT2D eigenvalue weighted by Gasteiger charge is -2.39. The van der Waals surface area contributed by atoms with Crippen LogP contribution in [0.15, 0.2) is 24.3 Å². The van der Waals surface area contributed by atoms with Crippen molar-refractivity contribution < 1.29 is 4.74 Å². The Kier molecular flexibility index (Phi) is 3.85. The Morgan fingerprint density at radius 3 is 2.76 bits per heavy atom. The molecule has 0 bridgehead atoms. The summed E-state index contributed by atoms with van der Waals surface area (Å²) in [4.78, 5) is 0. The van der Waals surface area contributed by atoms with Crippen LogP contribution in [0.25, 0.3) is 0 Å². The van der Waals surface area contributed by atoms with E-state index in [4.69, 9.17) is 10.5 Å². The van der Waals surface area contributed by atoms with E-state index in [0.717, 1.165) is 19.4 Å². The van der Waals surface area contributed by atoms with Gasteiger partial charge in [0.15, 0.2) is 0 Å². The van der Waals surface area contributed by atoms with Crippen molar-refractivity contribution in [3.05, 3.63) is 35.4 Å². The van der Waals surface area contributed by atoms with Crippen LogP contribution < -0.4 is 5.73 Å². The first kappa shape index (κ1) is 12.6. The molecule has 1 aliphatic rings. The SMILES string of the molecule is Cc1ccccc1CC(N)C1(C)CCCCO1. The zero-order chi connectivity index (χ0) is 12.3. The maximum Gasteiger partial charge on any atom is 0.0807 e. The van der Waals surface area contributed by atoms with Gasteiger partial charge in [-0.25, -0.2) is 0 Å². The molecule has 0 saturated carbocycles. The molecule has 1 aliphatic heterocycles. The van der Waals surface area contributed by atoms with E-state index >= 15 is 0 Å². The molecule has 2 nitrogen and oxygen atoms in total. The van der Waals surface area contributed by atoms with Crippen LogP contribution in [0.4, 0.5) is 0 Å². The first-order valence-electron chi connectivity index (χ1n) is 6.56. The lowest BCUT2D eigenvalue weighted by molar-refractivity contribution is -0.0808. The molecule has 0 spiro atoms. The van der Waals surface area contributed by atoms with Gasteiger partial charge in [-0.2, -0.15) is 0 Å². The molecular formula is C15H23NO. The number of aryl methyl sites for hydroxylation is 1. The first-order chi connectivity index (χ1) is 8.12. The van der Waals surface area contributed by atoms with E-state index in [1.807, 2.05) is 0 Å². The zero-order valence-electron chi connectivity index (χ0n) is 10.9. The van der Waals surface area contributed by atoms with Gasteiger partial charge >= 0.3 is 0 Å². The molecule has 2 unspecified atom stereocenters. The highest BCUT2D eigenvalue weighted by Gasteiger charge is 2.34. The van der Waals surface area contributed by atoms with E-state index in [9.17, 15) is 0 Å². The third-order valence-electron chi connectivity index (χ3n) is 3.98. The van der Waals surface area contributed by atoms with Gasteiger partial charge < -0.3 is 10.5 Å². The topological polar surface area (TPSA) is 35.2 Å². The standard InChI is InChI=1S/C15H23NO/c1-12-7-3-4-8-13(12)11-14(16)15(2)9-5-6-10-17-15/h3-4,7-8,14H,5-6,9-11,16H2,1-2H3. The van der Waals surface area contributed by atoms with Crippen molar-refractivity contribution in [2.24, 2.45) is 5.73 Å². The molecule has 1 aromatic rings. The smallest absolute Gasteiger partial charge is 0.0807 e. The average molecular weight is 233 g/mol. The molecule has 0 aliphatic carbocycles. The van der Waals surface area contributed by atoms with Crippen LogP contribution in [0.2, 0.25) is 0 Å². The second kappa shape index (κ2) is 5.19. The summed E-state index contributed by atoms with van der Waals surface area (Å²) >= 11 is 0. The lowest BCUT2D eigenvalue weighted by atomic mass is 9.84. The summed E-state index contributed by atoms with van der Waals surface area (Å²) in [6.07, 6.45) is 4.40. The maximum absolute atomic E-state index is 6.36. The number of rotatable bonds is 3. The Morgan fingerprint density at radius 2 is 2.12 bits per heavy atom. The van der Waals surface area contributed by atoms with Crippen molar-refractivity contribution in [2.45, 2.75) is 51.2 Å². The van der Waals surface area contributed by atoms with Crippen molar-refractivity contribution in [1.29, 1.82) is 0 Å². The fourth-order valence-corrected chi connectivity index (χ4v) is 2.54. The molecule has 0 aromatic heterocycles. The molecule has 2 N–H and O–H groups in total. The normalized spacial score (nSPS) is 26.8. The highest BCUT2D eigenvalue weighted by atomic mass is 16.5. The van der Waals surface area contributed by atoms with Gasteiger partial charge in [0.2, 0.25) is 0 Å². The van der Waals surface area contributed by atoms with Crippen molar-refractivity contribution in [3.63, 3.8) is 0 Å². The van der Waals surface area contributed by atoms with Crippen molar-refractivity contribution in [2.75, 3.05) is 6.61 Å². The van der Waals surface area contributed by atoms with E-state index in [2.05, 4.69) is 38.1 Å². The van der Waals surface area contributed by atoms with E-state index in [-0.39, 0.29) is 11.6 Å². The van der Waals surface area contributed by atoms with E-state index < -0.39 is 0 Å². The third-order valence-corrected chi connectivity index (χ3v) is 3.98. The molecule has 0 radical (unpaired) electrons. The summed E-state index contributed by atoms with van der Waals surface area (Å²) in [5.41, 5.74) is 8.88. The van der Waals surface area contributed by atoms with E-state index in [1.165, 1.54) is 24.0 Å². The molecule has 0 amide bonds. The molecule has 1 saturated heterocycles. The Labute approximate surface area is 104 Å². The van der Waals surface area contributed by atoms with Gasteiger partial charge in [0.1, 0.15) is 0 Å². The fraction of sp³-hybridized carbons (Fsp3) is 0.600. The van der Waals surface area contributed by atoms with Gasteiger partial charge in [0, 0.05) is 12.6 Å². The van der Waals surface area contributed by atoms with Gasteiger partial charge in [0.05, 0.1) is 5.60 Å². The Bertz CT molecular complexity index is 369. The highest BCUT2D eigenvalue weighted by molar-refractivity contribution is 5.26. The molecule has 94 valence electrons. The van der Waals surface area contributed by atoms with Crippen LogP contribution >= 0.6 is 0 Å². The predicted molar refractivity (Wildman–Crippen MR) is 71.1 cm³/mol. The number of hydrogen-bond acceptors (Lipinski definition) is 2. The molecule has 17 heavy (non-hydrogen) atoms. The monoisotopic (exact) mass is 233 g/mol. The molecular weight excluding hydrogens is 210 g/mol. The summed E-state index contributed by atoms with van der Waals surface area (Å²) in [5, 5.41) is 0. The van der Waals surface area contributed by atoms with Gasteiger partial charge in [0.25, 0.3) is 0 Å². The van der Waals surface area contributed by atoms with Crippen LogP contribution in [0.3, 0.4) is 0 Å². The minimum atomic E-state index is -0.138.